The largest absolute Gasteiger partial charge is 0.327 e. The zero-order valence-electron chi connectivity index (χ0n) is 27.2. The van der Waals surface area contributed by atoms with Crippen molar-refractivity contribution in [2.75, 3.05) is 0 Å². The SMILES string of the molecule is Cn1c(-c2cccc(C(F)c3cccc(-n4c5ccc6c(c7ccccc7n6-c6ccccc6)c5c5cccnc54)c3)c2)nc2ccccc21. The predicted molar refractivity (Wildman–Crippen MR) is 202 cm³/mol. The molecular formula is C44H30FN5. The van der Waals surface area contributed by atoms with Gasteiger partial charge in [-0.05, 0) is 83.9 Å². The molecule has 0 spiro atoms. The van der Waals surface area contributed by atoms with Crippen molar-refractivity contribution in [2.45, 2.75) is 6.17 Å². The quantitative estimate of drug-likeness (QED) is 0.187. The highest BCUT2D eigenvalue weighted by Gasteiger charge is 2.22. The van der Waals surface area contributed by atoms with Crippen LogP contribution in [0.25, 0.3) is 77.5 Å². The Bertz CT molecular complexity index is 2910. The Balaban J connectivity index is 1.14. The van der Waals surface area contributed by atoms with E-state index in [1.807, 2.05) is 92.1 Å². The van der Waals surface area contributed by atoms with Gasteiger partial charge in [0.05, 0.1) is 27.6 Å². The first kappa shape index (κ1) is 28.5. The van der Waals surface area contributed by atoms with Crippen molar-refractivity contribution in [1.29, 1.82) is 0 Å². The third kappa shape index (κ3) is 4.18. The highest BCUT2D eigenvalue weighted by Crippen LogP contribution is 2.42. The maximum atomic E-state index is 16.6. The molecule has 0 saturated carbocycles. The molecule has 0 bridgehead atoms. The minimum atomic E-state index is -1.33. The fraction of sp³-hybridized carbons (Fsp3) is 0.0455. The Hall–Kier alpha value is -6.53. The van der Waals surface area contributed by atoms with E-state index in [2.05, 4.69) is 86.5 Å². The van der Waals surface area contributed by atoms with Gasteiger partial charge in [0.2, 0.25) is 0 Å². The highest BCUT2D eigenvalue weighted by atomic mass is 19.1. The van der Waals surface area contributed by atoms with Crippen molar-refractivity contribution in [3.05, 3.63) is 169 Å². The second-order valence-electron chi connectivity index (χ2n) is 12.8. The van der Waals surface area contributed by atoms with Crippen molar-refractivity contribution >= 4 is 54.8 Å². The molecule has 0 radical (unpaired) electrons. The maximum Gasteiger partial charge on any atom is 0.150 e. The number of pyridine rings is 1. The Morgan fingerprint density at radius 1 is 0.540 bits per heavy atom. The standard InChI is InChI=1S/C44H30FN5/c1-48-37-22-8-6-20-35(37)47-43(48)30-14-9-12-28(26-30)42(45)29-13-10-17-32(27-29)50-39-24-23-38-40(41(39)34-19-11-25-46-44(34)50)33-18-5-7-21-36(33)49(38)31-15-3-2-4-16-31/h2-27,42H,1H3. The zero-order valence-corrected chi connectivity index (χ0v) is 27.2. The number of rotatable bonds is 5. The van der Waals surface area contributed by atoms with E-state index >= 15 is 4.39 Å². The van der Waals surface area contributed by atoms with Gasteiger partial charge in [-0.25, -0.2) is 14.4 Å². The van der Waals surface area contributed by atoms with E-state index in [1.54, 1.807) is 0 Å². The molecule has 1 unspecified atom stereocenters. The molecule has 10 rings (SSSR count). The number of aromatic nitrogens is 5. The summed E-state index contributed by atoms with van der Waals surface area (Å²) in [5, 5.41) is 4.55. The minimum absolute atomic E-state index is 0.581. The average molecular weight is 648 g/mol. The minimum Gasteiger partial charge on any atom is -0.327 e. The van der Waals surface area contributed by atoms with Crippen LogP contribution >= 0.6 is 0 Å². The highest BCUT2D eigenvalue weighted by molar-refractivity contribution is 6.28. The van der Waals surface area contributed by atoms with Gasteiger partial charge in [0.25, 0.3) is 0 Å². The molecule has 10 aromatic rings. The third-order valence-corrected chi connectivity index (χ3v) is 9.99. The number of benzene rings is 6. The normalized spacial score (nSPS) is 12.5. The summed E-state index contributed by atoms with van der Waals surface area (Å²) in [4.78, 5) is 9.75. The van der Waals surface area contributed by atoms with Crippen molar-refractivity contribution in [3.8, 4) is 22.8 Å². The van der Waals surface area contributed by atoms with Gasteiger partial charge in [-0.3, -0.25) is 4.57 Å². The Labute approximate surface area is 287 Å². The van der Waals surface area contributed by atoms with E-state index in [0.29, 0.717) is 11.1 Å². The van der Waals surface area contributed by atoms with E-state index in [-0.39, 0.29) is 0 Å². The van der Waals surface area contributed by atoms with Crippen molar-refractivity contribution in [3.63, 3.8) is 0 Å². The van der Waals surface area contributed by atoms with Crippen LogP contribution in [0.5, 0.6) is 0 Å². The van der Waals surface area contributed by atoms with Crippen LogP contribution in [0.3, 0.4) is 0 Å². The summed E-state index contributed by atoms with van der Waals surface area (Å²) >= 11 is 0. The fourth-order valence-corrected chi connectivity index (χ4v) is 7.76. The van der Waals surface area contributed by atoms with Crippen LogP contribution < -0.4 is 0 Å². The second-order valence-corrected chi connectivity index (χ2v) is 12.8. The molecule has 0 N–H and O–H groups in total. The number of aryl methyl sites for hydroxylation is 1. The van der Waals surface area contributed by atoms with Gasteiger partial charge in [0.15, 0.2) is 6.17 Å². The number of nitrogens with zero attached hydrogens (tertiary/aromatic N) is 5. The molecule has 0 aliphatic carbocycles. The summed E-state index contributed by atoms with van der Waals surface area (Å²) in [5.74, 6) is 0.810. The lowest BCUT2D eigenvalue weighted by Crippen LogP contribution is -2.00. The first-order valence-corrected chi connectivity index (χ1v) is 16.8. The van der Waals surface area contributed by atoms with Gasteiger partial charge < -0.3 is 9.13 Å². The van der Waals surface area contributed by atoms with Crippen LogP contribution in [0.15, 0.2) is 158 Å². The Morgan fingerprint density at radius 2 is 1.20 bits per heavy atom. The number of alkyl halides is 1. The van der Waals surface area contributed by atoms with Crippen molar-refractivity contribution in [1.82, 2.24) is 23.7 Å². The number of para-hydroxylation sites is 4. The summed E-state index contributed by atoms with van der Waals surface area (Å²) in [6.45, 7) is 0. The number of fused-ring (bicyclic) bond motifs is 8. The summed E-state index contributed by atoms with van der Waals surface area (Å²) in [6, 6.07) is 51.1. The molecule has 6 heteroatoms. The summed E-state index contributed by atoms with van der Waals surface area (Å²) in [5.41, 5.74) is 10.1. The number of halogens is 1. The van der Waals surface area contributed by atoms with Crippen LogP contribution in [-0.4, -0.2) is 23.7 Å². The Morgan fingerprint density at radius 3 is 2.04 bits per heavy atom. The van der Waals surface area contributed by atoms with Crippen LogP contribution in [0, 0.1) is 0 Å². The van der Waals surface area contributed by atoms with Crippen LogP contribution in [0.4, 0.5) is 4.39 Å². The third-order valence-electron chi connectivity index (χ3n) is 9.99. The lowest BCUT2D eigenvalue weighted by molar-refractivity contribution is 0.402. The first-order valence-electron chi connectivity index (χ1n) is 16.8. The monoisotopic (exact) mass is 647 g/mol. The van der Waals surface area contributed by atoms with Crippen LogP contribution in [0.1, 0.15) is 17.3 Å². The molecule has 0 saturated heterocycles. The van der Waals surface area contributed by atoms with E-state index < -0.39 is 6.17 Å². The van der Waals surface area contributed by atoms with Gasteiger partial charge in [0.1, 0.15) is 11.5 Å². The molecule has 6 aromatic carbocycles. The molecular weight excluding hydrogens is 618 g/mol. The average Bonchev–Trinajstić information content (AvgIpc) is 3.82. The molecule has 4 heterocycles. The van der Waals surface area contributed by atoms with Gasteiger partial charge in [-0.1, -0.05) is 78.9 Å². The van der Waals surface area contributed by atoms with Crippen LogP contribution in [-0.2, 0) is 7.05 Å². The summed E-state index contributed by atoms with van der Waals surface area (Å²) in [6.07, 6.45) is 0.498. The van der Waals surface area contributed by atoms with Crippen molar-refractivity contribution in [2.24, 2.45) is 7.05 Å². The molecule has 0 fully saturated rings. The lowest BCUT2D eigenvalue weighted by Gasteiger charge is -2.14. The van der Waals surface area contributed by atoms with E-state index in [4.69, 9.17) is 9.97 Å². The van der Waals surface area contributed by atoms with Gasteiger partial charge in [-0.15, -0.1) is 0 Å². The zero-order chi connectivity index (χ0) is 33.3. The first-order chi connectivity index (χ1) is 24.7. The molecule has 238 valence electrons. The molecule has 50 heavy (non-hydrogen) atoms. The fourth-order valence-electron chi connectivity index (χ4n) is 7.76. The molecule has 4 aromatic heterocycles. The maximum absolute atomic E-state index is 16.6. The van der Waals surface area contributed by atoms with E-state index in [1.165, 1.54) is 10.8 Å². The topological polar surface area (TPSA) is 40.6 Å². The molecule has 0 aliphatic heterocycles. The smallest absolute Gasteiger partial charge is 0.150 e. The van der Waals surface area contributed by atoms with Gasteiger partial charge >= 0.3 is 0 Å². The van der Waals surface area contributed by atoms with E-state index in [9.17, 15) is 0 Å². The van der Waals surface area contributed by atoms with Gasteiger partial charge in [0, 0.05) is 51.7 Å². The summed E-state index contributed by atoms with van der Waals surface area (Å²) in [7, 11) is 2.00. The Kier molecular flexibility index (Phi) is 6.27. The molecule has 0 aliphatic rings. The molecule has 5 nitrogen and oxygen atoms in total. The summed E-state index contributed by atoms with van der Waals surface area (Å²) < 4.78 is 23.2. The lowest BCUT2D eigenvalue weighted by atomic mass is 10.00. The number of hydrogen-bond donors (Lipinski definition) is 0. The van der Waals surface area contributed by atoms with E-state index in [0.717, 1.165) is 66.8 Å². The van der Waals surface area contributed by atoms with Gasteiger partial charge in [-0.2, -0.15) is 0 Å². The second kappa shape index (κ2) is 11.0. The molecule has 1 atom stereocenters. The molecule has 0 amide bonds. The predicted octanol–water partition coefficient (Wildman–Crippen LogP) is 10.9. The number of hydrogen-bond acceptors (Lipinski definition) is 2. The number of imidazole rings is 1. The van der Waals surface area contributed by atoms with Crippen molar-refractivity contribution < 1.29 is 4.39 Å². The van der Waals surface area contributed by atoms with Crippen LogP contribution in [0.2, 0.25) is 0 Å².